The number of hydrogen-bond donors (Lipinski definition) is 1. The van der Waals surface area contributed by atoms with Gasteiger partial charge in [0.1, 0.15) is 0 Å². The maximum Gasteiger partial charge on any atom is 0.339 e. The summed E-state index contributed by atoms with van der Waals surface area (Å²) in [5, 5.41) is 3.58. The highest BCUT2D eigenvalue weighted by molar-refractivity contribution is 9.10. The molecular weight excluding hydrogens is 444 g/mol. The van der Waals surface area contributed by atoms with Crippen LogP contribution in [0.25, 0.3) is 22.2 Å². The van der Waals surface area contributed by atoms with Gasteiger partial charge >= 0.3 is 5.97 Å². The van der Waals surface area contributed by atoms with Crippen LogP contribution in [0.2, 0.25) is 0 Å². The quantitative estimate of drug-likeness (QED) is 0.396. The van der Waals surface area contributed by atoms with E-state index in [0.717, 1.165) is 15.4 Å². The van der Waals surface area contributed by atoms with Crippen LogP contribution in [0, 0.1) is 0 Å². The van der Waals surface area contributed by atoms with Crippen LogP contribution >= 0.6 is 15.9 Å². The zero-order valence-electron chi connectivity index (χ0n) is 16.1. The molecule has 0 aliphatic carbocycles. The van der Waals surface area contributed by atoms with E-state index in [2.05, 4.69) is 21.2 Å². The molecule has 3 aromatic carbocycles. The number of pyridine rings is 1. The number of aromatic nitrogens is 1. The van der Waals surface area contributed by atoms with Crippen LogP contribution in [0.5, 0.6) is 0 Å². The molecule has 5 nitrogen and oxygen atoms in total. The first-order valence-corrected chi connectivity index (χ1v) is 10.0. The first-order valence-electron chi connectivity index (χ1n) is 9.21. The van der Waals surface area contributed by atoms with E-state index in [1.165, 1.54) is 7.11 Å². The lowest BCUT2D eigenvalue weighted by Gasteiger charge is -2.12. The minimum absolute atomic E-state index is 0.292. The fraction of sp³-hybridized carbons (Fsp3) is 0.0417. The molecule has 0 spiro atoms. The van der Waals surface area contributed by atoms with Gasteiger partial charge in [-0.2, -0.15) is 0 Å². The third-order valence-electron chi connectivity index (χ3n) is 4.68. The van der Waals surface area contributed by atoms with E-state index in [4.69, 9.17) is 9.72 Å². The predicted octanol–water partition coefficient (Wildman–Crippen LogP) is 5.70. The molecule has 1 amide bonds. The highest BCUT2D eigenvalue weighted by atomic mass is 79.9. The predicted molar refractivity (Wildman–Crippen MR) is 121 cm³/mol. The lowest BCUT2D eigenvalue weighted by Crippen LogP contribution is -2.16. The summed E-state index contributed by atoms with van der Waals surface area (Å²) >= 11 is 3.43. The van der Waals surface area contributed by atoms with Crippen molar-refractivity contribution >= 4 is 44.4 Å². The molecule has 30 heavy (non-hydrogen) atoms. The maximum absolute atomic E-state index is 13.2. The molecule has 0 aliphatic rings. The minimum Gasteiger partial charge on any atom is -0.465 e. The second-order valence-electron chi connectivity index (χ2n) is 6.57. The van der Waals surface area contributed by atoms with Crippen molar-refractivity contribution in [3.8, 4) is 11.3 Å². The van der Waals surface area contributed by atoms with Gasteiger partial charge in [-0.05, 0) is 36.4 Å². The molecule has 1 heterocycles. The number of halogens is 1. The van der Waals surface area contributed by atoms with Crippen molar-refractivity contribution in [2.75, 3.05) is 12.4 Å². The van der Waals surface area contributed by atoms with E-state index in [-0.39, 0.29) is 5.91 Å². The zero-order valence-corrected chi connectivity index (χ0v) is 17.6. The lowest BCUT2D eigenvalue weighted by atomic mass is 10.0. The van der Waals surface area contributed by atoms with E-state index in [0.29, 0.717) is 28.0 Å². The van der Waals surface area contributed by atoms with Crippen LogP contribution in [0.1, 0.15) is 20.7 Å². The summed E-state index contributed by atoms with van der Waals surface area (Å²) in [6.45, 7) is 0. The standard InChI is InChI=1S/C24H17BrN2O3/c1-30-24(29)18-7-3-5-9-21(18)27-23(28)19-14-22(15-10-12-16(25)13-11-15)26-20-8-4-2-6-17(19)20/h2-14H,1H3,(H,27,28). The number of methoxy groups -OCH3 is 1. The molecule has 0 saturated heterocycles. The fourth-order valence-corrected chi connectivity index (χ4v) is 3.47. The smallest absolute Gasteiger partial charge is 0.339 e. The van der Waals surface area contributed by atoms with Gasteiger partial charge in [0.05, 0.1) is 35.1 Å². The van der Waals surface area contributed by atoms with Crippen LogP contribution in [-0.2, 0) is 4.74 Å². The van der Waals surface area contributed by atoms with Gasteiger partial charge in [-0.3, -0.25) is 4.79 Å². The second kappa shape index (κ2) is 8.47. The lowest BCUT2D eigenvalue weighted by molar-refractivity contribution is 0.0602. The van der Waals surface area contributed by atoms with Gasteiger partial charge in [0.2, 0.25) is 0 Å². The summed E-state index contributed by atoms with van der Waals surface area (Å²) in [5.74, 6) is -0.843. The third-order valence-corrected chi connectivity index (χ3v) is 5.21. The Kier molecular flexibility index (Phi) is 5.59. The molecule has 148 valence electrons. The molecular formula is C24H17BrN2O3. The number of hydrogen-bond acceptors (Lipinski definition) is 4. The molecule has 0 atom stereocenters. The number of nitrogens with zero attached hydrogens (tertiary/aromatic N) is 1. The van der Waals surface area contributed by atoms with E-state index in [1.807, 2.05) is 48.5 Å². The van der Waals surface area contributed by atoms with Crippen molar-refractivity contribution in [3.05, 3.63) is 94.5 Å². The number of carbonyl (C=O) groups is 2. The number of ether oxygens (including phenoxy) is 1. The Labute approximate surface area is 181 Å². The summed E-state index contributed by atoms with van der Waals surface area (Å²) in [7, 11) is 1.31. The van der Waals surface area contributed by atoms with E-state index >= 15 is 0 Å². The first kappa shape index (κ1) is 19.8. The molecule has 4 rings (SSSR count). The molecule has 6 heteroatoms. The van der Waals surface area contributed by atoms with E-state index < -0.39 is 5.97 Å². The van der Waals surface area contributed by atoms with Crippen LogP contribution in [0.15, 0.2) is 83.3 Å². The number of benzene rings is 3. The summed E-state index contributed by atoms with van der Waals surface area (Å²) in [5.41, 5.74) is 3.45. The Morgan fingerprint density at radius 3 is 2.37 bits per heavy atom. The number of fused-ring (bicyclic) bond motifs is 1. The Morgan fingerprint density at radius 1 is 0.900 bits per heavy atom. The summed E-state index contributed by atoms with van der Waals surface area (Å²) in [6.07, 6.45) is 0. The SMILES string of the molecule is COC(=O)c1ccccc1NC(=O)c1cc(-c2ccc(Br)cc2)nc2ccccc12. The molecule has 4 aromatic rings. The molecule has 0 aliphatic heterocycles. The molecule has 0 saturated carbocycles. The van der Waals surface area contributed by atoms with Gasteiger partial charge < -0.3 is 10.1 Å². The zero-order chi connectivity index (χ0) is 21.1. The van der Waals surface area contributed by atoms with Gasteiger partial charge in [0.25, 0.3) is 5.91 Å². The molecule has 0 bridgehead atoms. The van der Waals surface area contributed by atoms with Crippen LogP contribution in [0.4, 0.5) is 5.69 Å². The van der Waals surface area contributed by atoms with Gasteiger partial charge in [-0.25, -0.2) is 9.78 Å². The second-order valence-corrected chi connectivity index (χ2v) is 7.49. The fourth-order valence-electron chi connectivity index (χ4n) is 3.20. The Hall–Kier alpha value is -3.51. The molecule has 1 aromatic heterocycles. The highest BCUT2D eigenvalue weighted by Gasteiger charge is 2.17. The van der Waals surface area contributed by atoms with Crippen molar-refractivity contribution in [2.45, 2.75) is 0 Å². The van der Waals surface area contributed by atoms with E-state index in [9.17, 15) is 9.59 Å². The normalized spacial score (nSPS) is 10.6. The van der Waals surface area contributed by atoms with Crippen molar-refractivity contribution < 1.29 is 14.3 Å². The number of nitrogens with one attached hydrogen (secondary N) is 1. The van der Waals surface area contributed by atoms with Crippen LogP contribution in [0.3, 0.4) is 0 Å². The summed E-state index contributed by atoms with van der Waals surface area (Å²) in [4.78, 5) is 30.0. The molecule has 0 radical (unpaired) electrons. The Balaban J connectivity index is 1.79. The maximum atomic E-state index is 13.2. The number of esters is 1. The first-order chi connectivity index (χ1) is 14.6. The highest BCUT2D eigenvalue weighted by Crippen LogP contribution is 2.27. The van der Waals surface area contributed by atoms with Crippen molar-refractivity contribution in [2.24, 2.45) is 0 Å². The number of rotatable bonds is 4. The van der Waals surface area contributed by atoms with Gasteiger partial charge in [0, 0.05) is 15.4 Å². The topological polar surface area (TPSA) is 68.3 Å². The molecule has 0 unspecified atom stereocenters. The van der Waals surface area contributed by atoms with Gasteiger partial charge in [-0.15, -0.1) is 0 Å². The minimum atomic E-state index is -0.513. The number of para-hydroxylation sites is 2. The van der Waals surface area contributed by atoms with Crippen LogP contribution < -0.4 is 5.32 Å². The van der Waals surface area contributed by atoms with E-state index in [1.54, 1.807) is 30.3 Å². The average Bonchev–Trinajstić information content (AvgIpc) is 2.78. The number of amides is 1. The van der Waals surface area contributed by atoms with Crippen molar-refractivity contribution in [1.82, 2.24) is 4.98 Å². The summed E-state index contributed by atoms with van der Waals surface area (Å²) < 4.78 is 5.78. The largest absolute Gasteiger partial charge is 0.465 e. The number of anilines is 1. The number of carbonyl (C=O) groups excluding carboxylic acids is 2. The van der Waals surface area contributed by atoms with Crippen molar-refractivity contribution in [1.29, 1.82) is 0 Å². The van der Waals surface area contributed by atoms with Crippen LogP contribution in [-0.4, -0.2) is 24.0 Å². The van der Waals surface area contributed by atoms with Crippen molar-refractivity contribution in [3.63, 3.8) is 0 Å². The Bertz CT molecular complexity index is 1250. The monoisotopic (exact) mass is 460 g/mol. The Morgan fingerprint density at radius 2 is 1.60 bits per heavy atom. The molecule has 0 fully saturated rings. The molecule has 1 N–H and O–H groups in total. The average molecular weight is 461 g/mol. The van der Waals surface area contributed by atoms with Gasteiger partial charge in [-0.1, -0.05) is 58.4 Å². The summed E-state index contributed by atoms with van der Waals surface area (Å²) in [6, 6.07) is 23.7. The van der Waals surface area contributed by atoms with Gasteiger partial charge in [0.15, 0.2) is 0 Å². The third kappa shape index (κ3) is 3.95.